The molecule has 3 aromatic heterocycles. The maximum Gasteiger partial charge on any atom is 0.165 e. The van der Waals surface area contributed by atoms with Gasteiger partial charge in [0.1, 0.15) is 11.2 Å². The van der Waals surface area contributed by atoms with E-state index in [1.54, 1.807) is 11.3 Å². The topological polar surface area (TPSA) is 51.8 Å². The van der Waals surface area contributed by atoms with Gasteiger partial charge in [0.05, 0.1) is 0 Å². The minimum absolute atomic E-state index is 0.602. The second-order valence-corrected chi connectivity index (χ2v) is 13.8. The average Bonchev–Trinajstić information content (AvgIpc) is 3.76. The molecule has 0 aliphatic carbocycles. The number of thiophene rings is 1. The van der Waals surface area contributed by atoms with E-state index in [-0.39, 0.29) is 0 Å². The summed E-state index contributed by atoms with van der Waals surface area (Å²) in [6, 6.07) is 50.9. The van der Waals surface area contributed by atoms with Crippen LogP contribution in [0.4, 0.5) is 0 Å². The molecule has 0 N–H and O–H groups in total. The molecule has 10 aromatic rings. The molecule has 0 saturated carbocycles. The van der Waals surface area contributed by atoms with Gasteiger partial charge in [0.2, 0.25) is 0 Å². The molecule has 0 atom stereocenters. The zero-order valence-electron chi connectivity index (χ0n) is 27.7. The Hall–Kier alpha value is -6.43. The summed E-state index contributed by atoms with van der Waals surface area (Å²) in [7, 11) is 0. The molecule has 7 aromatic carbocycles. The lowest BCUT2D eigenvalue weighted by Crippen LogP contribution is -2.02. The van der Waals surface area contributed by atoms with E-state index < -0.39 is 0 Å². The Morgan fingerprint density at radius 3 is 2.22 bits per heavy atom. The molecule has 5 heteroatoms. The van der Waals surface area contributed by atoms with Crippen molar-refractivity contribution in [1.29, 1.82) is 0 Å². The van der Waals surface area contributed by atoms with E-state index in [9.17, 15) is 0 Å². The second-order valence-electron chi connectivity index (χ2n) is 12.7. The Morgan fingerprint density at radius 1 is 0.529 bits per heavy atom. The zero-order valence-corrected chi connectivity index (χ0v) is 28.5. The van der Waals surface area contributed by atoms with Gasteiger partial charge in [-0.05, 0) is 76.9 Å². The minimum atomic E-state index is 0.602. The van der Waals surface area contributed by atoms with Crippen LogP contribution in [0, 0.1) is 0 Å². The number of rotatable bonds is 5. The fourth-order valence-electron chi connectivity index (χ4n) is 7.28. The maximum atomic E-state index is 6.46. The van der Waals surface area contributed by atoms with E-state index in [0.29, 0.717) is 17.5 Å². The molecule has 0 aliphatic rings. The first kappa shape index (κ1) is 29.5. The third kappa shape index (κ3) is 4.93. The summed E-state index contributed by atoms with van der Waals surface area (Å²) in [6.45, 7) is 2.03. The molecule has 0 radical (unpaired) electrons. The smallest absolute Gasteiger partial charge is 0.165 e. The number of aromatic nitrogens is 3. The van der Waals surface area contributed by atoms with Crippen LogP contribution in [0.25, 0.3) is 104 Å². The molecule has 10 rings (SSSR count). The van der Waals surface area contributed by atoms with E-state index in [1.807, 2.05) is 25.1 Å². The highest BCUT2D eigenvalue weighted by Gasteiger charge is 2.23. The Morgan fingerprint density at radius 2 is 1.29 bits per heavy atom. The fourth-order valence-corrected chi connectivity index (χ4v) is 8.49. The number of furan rings is 1. The quantitative estimate of drug-likeness (QED) is 0.183. The summed E-state index contributed by atoms with van der Waals surface area (Å²) >= 11 is 1.78. The van der Waals surface area contributed by atoms with Crippen molar-refractivity contribution in [3.05, 3.63) is 157 Å². The number of allylic oxidation sites excluding steroid dienone is 1. The van der Waals surface area contributed by atoms with Crippen LogP contribution in [0.5, 0.6) is 0 Å². The SMILES string of the molecule is C/C=C\c1cccc(-c2nc(-c3cccc4c3sc3ccccc34)nc(-c3c(-c4ccc5ccccc5c4)ccc4oc5ccccc5c34)n2)c1. The van der Waals surface area contributed by atoms with Gasteiger partial charge in [0.15, 0.2) is 17.5 Å². The molecule has 0 aliphatic heterocycles. The monoisotopic (exact) mass is 671 g/mol. The van der Waals surface area contributed by atoms with Crippen molar-refractivity contribution in [2.24, 2.45) is 0 Å². The lowest BCUT2D eigenvalue weighted by Gasteiger charge is -2.14. The molecule has 4 nitrogen and oxygen atoms in total. The van der Waals surface area contributed by atoms with E-state index >= 15 is 0 Å². The highest BCUT2D eigenvalue weighted by Crippen LogP contribution is 2.44. The van der Waals surface area contributed by atoms with Crippen molar-refractivity contribution in [1.82, 2.24) is 15.0 Å². The predicted molar refractivity (Wildman–Crippen MR) is 214 cm³/mol. The van der Waals surface area contributed by atoms with Gasteiger partial charge in [0, 0.05) is 47.6 Å². The van der Waals surface area contributed by atoms with Gasteiger partial charge in [-0.25, -0.2) is 15.0 Å². The lowest BCUT2D eigenvalue weighted by molar-refractivity contribution is 0.669. The van der Waals surface area contributed by atoms with Crippen LogP contribution in [0.3, 0.4) is 0 Å². The molecule has 0 spiro atoms. The number of hydrogen-bond donors (Lipinski definition) is 0. The fraction of sp³-hybridized carbons (Fsp3) is 0.0217. The summed E-state index contributed by atoms with van der Waals surface area (Å²) < 4.78 is 8.86. The molecule has 0 bridgehead atoms. The van der Waals surface area contributed by atoms with Crippen LogP contribution < -0.4 is 0 Å². The van der Waals surface area contributed by atoms with Gasteiger partial charge in [-0.3, -0.25) is 0 Å². The summed E-state index contributed by atoms with van der Waals surface area (Å²) in [5.41, 5.74) is 7.66. The van der Waals surface area contributed by atoms with Gasteiger partial charge in [-0.1, -0.05) is 115 Å². The van der Waals surface area contributed by atoms with Gasteiger partial charge in [-0.2, -0.15) is 0 Å². The largest absolute Gasteiger partial charge is 0.456 e. The number of nitrogens with zero attached hydrogens (tertiary/aromatic N) is 3. The van der Waals surface area contributed by atoms with Crippen LogP contribution in [-0.4, -0.2) is 15.0 Å². The molecule has 240 valence electrons. The second kappa shape index (κ2) is 11.9. The first-order valence-electron chi connectivity index (χ1n) is 17.1. The Bertz CT molecular complexity index is 3010. The number of hydrogen-bond acceptors (Lipinski definition) is 5. The molecular weight excluding hydrogens is 643 g/mol. The van der Waals surface area contributed by atoms with Crippen molar-refractivity contribution >= 4 is 70.3 Å². The third-order valence-corrected chi connectivity index (χ3v) is 10.8. The van der Waals surface area contributed by atoms with Gasteiger partial charge in [-0.15, -0.1) is 11.3 Å². The Labute approximate surface area is 298 Å². The maximum absolute atomic E-state index is 6.46. The summed E-state index contributed by atoms with van der Waals surface area (Å²) in [5, 5.41) is 6.82. The zero-order chi connectivity index (χ0) is 33.9. The lowest BCUT2D eigenvalue weighted by atomic mass is 9.93. The third-order valence-electron chi connectivity index (χ3n) is 9.61. The van der Waals surface area contributed by atoms with Gasteiger partial charge in [0.25, 0.3) is 0 Å². The van der Waals surface area contributed by atoms with Gasteiger partial charge >= 0.3 is 0 Å². The van der Waals surface area contributed by atoms with Crippen molar-refractivity contribution in [2.45, 2.75) is 6.92 Å². The number of fused-ring (bicyclic) bond motifs is 7. The Balaban J connectivity index is 1.31. The summed E-state index contributed by atoms with van der Waals surface area (Å²) in [6.07, 6.45) is 4.15. The molecular formula is C46H29N3OS. The minimum Gasteiger partial charge on any atom is -0.456 e. The predicted octanol–water partition coefficient (Wildman–Crippen LogP) is 13.0. The van der Waals surface area contributed by atoms with Crippen molar-refractivity contribution < 1.29 is 4.42 Å². The summed E-state index contributed by atoms with van der Waals surface area (Å²) in [4.78, 5) is 15.9. The van der Waals surface area contributed by atoms with Crippen molar-refractivity contribution in [2.75, 3.05) is 0 Å². The van der Waals surface area contributed by atoms with Gasteiger partial charge < -0.3 is 4.42 Å². The van der Waals surface area contributed by atoms with Crippen LogP contribution in [0.15, 0.2) is 156 Å². The van der Waals surface area contributed by atoms with Crippen molar-refractivity contribution in [3.8, 4) is 45.3 Å². The summed E-state index contributed by atoms with van der Waals surface area (Å²) in [5.74, 6) is 1.86. The highest BCUT2D eigenvalue weighted by molar-refractivity contribution is 7.26. The highest BCUT2D eigenvalue weighted by atomic mass is 32.1. The molecule has 51 heavy (non-hydrogen) atoms. The van der Waals surface area contributed by atoms with E-state index in [2.05, 4.69) is 140 Å². The Kier molecular flexibility index (Phi) is 6.86. The number of benzene rings is 7. The van der Waals surface area contributed by atoms with E-state index in [0.717, 1.165) is 60.0 Å². The molecule has 0 unspecified atom stereocenters. The average molecular weight is 672 g/mol. The normalized spacial score (nSPS) is 11.9. The molecule has 3 heterocycles. The molecule has 0 amide bonds. The first-order chi connectivity index (χ1) is 25.2. The number of para-hydroxylation sites is 1. The van der Waals surface area contributed by atoms with E-state index in [1.165, 1.54) is 26.2 Å². The first-order valence-corrected chi connectivity index (χ1v) is 17.9. The van der Waals surface area contributed by atoms with Crippen LogP contribution in [0.2, 0.25) is 0 Å². The molecule has 0 fully saturated rings. The van der Waals surface area contributed by atoms with Crippen LogP contribution >= 0.6 is 11.3 Å². The molecule has 0 saturated heterocycles. The standard InChI is InChI=1S/C46H29N3OS/c1-2-11-28-12-9-15-32(26-28)44-47-45(37-19-10-18-35-34-16-6-8-21-40(34)51-43(35)37)49-46(48-44)42-33(31-23-22-29-13-3-4-14-30(29)27-31)24-25-39-41(42)36-17-5-7-20-38(36)50-39/h2-27H,1H3/b11-2-. The van der Waals surface area contributed by atoms with Crippen LogP contribution in [-0.2, 0) is 0 Å². The van der Waals surface area contributed by atoms with Crippen molar-refractivity contribution in [3.63, 3.8) is 0 Å². The van der Waals surface area contributed by atoms with E-state index in [4.69, 9.17) is 19.4 Å². The van der Waals surface area contributed by atoms with Crippen LogP contribution in [0.1, 0.15) is 12.5 Å².